The second-order valence-corrected chi connectivity index (χ2v) is 6.17. The highest BCUT2D eigenvalue weighted by Gasteiger charge is 2.15. The van der Waals surface area contributed by atoms with Gasteiger partial charge >= 0.3 is 4.87 Å². The zero-order valence-corrected chi connectivity index (χ0v) is 12.5. The molecule has 2 aromatic heterocycles. The summed E-state index contributed by atoms with van der Waals surface area (Å²) in [6.45, 7) is 6.30. The molecule has 6 nitrogen and oxygen atoms in total. The molecule has 0 radical (unpaired) electrons. The molecule has 0 aliphatic heterocycles. The first kappa shape index (κ1) is 14.4. The predicted molar refractivity (Wildman–Crippen MR) is 81.3 cm³/mol. The van der Waals surface area contributed by atoms with E-state index in [2.05, 4.69) is 15.3 Å². The van der Waals surface area contributed by atoms with Crippen molar-refractivity contribution in [2.24, 2.45) is 0 Å². The lowest BCUT2D eigenvalue weighted by molar-refractivity contribution is 0.125. The molecule has 2 heterocycles. The fourth-order valence-corrected chi connectivity index (χ4v) is 2.09. The summed E-state index contributed by atoms with van der Waals surface area (Å²) in [5.41, 5.74) is 6.79. The number of pyridine rings is 1. The van der Waals surface area contributed by atoms with Gasteiger partial charge in [-0.25, -0.2) is 0 Å². The molecule has 0 amide bonds. The number of hydrogen-bond acceptors (Lipinski definition) is 6. The number of nitrogens with zero attached hydrogens (tertiary/aromatic N) is 1. The Labute approximate surface area is 121 Å². The monoisotopic (exact) mass is 294 g/mol. The van der Waals surface area contributed by atoms with Gasteiger partial charge < -0.3 is 20.8 Å². The van der Waals surface area contributed by atoms with Gasteiger partial charge in [0, 0.05) is 11.1 Å². The number of hydrogen-bond donors (Lipinski definition) is 3. The van der Waals surface area contributed by atoms with Crippen LogP contribution < -0.4 is 20.7 Å². The van der Waals surface area contributed by atoms with Crippen molar-refractivity contribution in [3.8, 4) is 5.88 Å². The van der Waals surface area contributed by atoms with Gasteiger partial charge in [0.15, 0.2) is 0 Å². The van der Waals surface area contributed by atoms with Crippen LogP contribution in [-0.4, -0.2) is 15.6 Å². The van der Waals surface area contributed by atoms with Crippen LogP contribution >= 0.6 is 11.3 Å². The number of nitrogen functional groups attached to an aromatic ring is 1. The molecular formula is C13H18N4O2S. The van der Waals surface area contributed by atoms with Gasteiger partial charge in [-0.1, -0.05) is 11.3 Å². The van der Waals surface area contributed by atoms with Crippen molar-refractivity contribution in [1.29, 1.82) is 0 Å². The van der Waals surface area contributed by atoms with E-state index in [1.807, 2.05) is 20.8 Å². The molecule has 0 saturated heterocycles. The van der Waals surface area contributed by atoms with Gasteiger partial charge in [-0.3, -0.25) is 4.79 Å². The average molecular weight is 294 g/mol. The molecule has 0 aliphatic rings. The van der Waals surface area contributed by atoms with Gasteiger partial charge in [-0.2, -0.15) is 4.98 Å². The maximum Gasteiger partial charge on any atom is 0.304 e. The smallest absolute Gasteiger partial charge is 0.304 e. The number of H-pyrrole nitrogens is 1. The van der Waals surface area contributed by atoms with E-state index < -0.39 is 0 Å². The highest BCUT2D eigenvalue weighted by atomic mass is 32.1. The van der Waals surface area contributed by atoms with Crippen LogP contribution in [0, 0.1) is 0 Å². The SMILES string of the molecule is CC(C)(C)Oc1nc(NCc2csc(=O)[nH]2)ccc1N. The first-order valence-electron chi connectivity index (χ1n) is 6.19. The van der Waals surface area contributed by atoms with Crippen LogP contribution in [-0.2, 0) is 6.54 Å². The lowest BCUT2D eigenvalue weighted by Gasteiger charge is -2.21. The van der Waals surface area contributed by atoms with E-state index in [9.17, 15) is 4.79 Å². The number of thiazole rings is 1. The van der Waals surface area contributed by atoms with Crippen molar-refractivity contribution < 1.29 is 4.74 Å². The topological polar surface area (TPSA) is 93.0 Å². The number of aromatic amines is 1. The molecule has 0 atom stereocenters. The molecule has 2 rings (SSSR count). The number of anilines is 2. The highest BCUT2D eigenvalue weighted by molar-refractivity contribution is 7.07. The summed E-state index contributed by atoms with van der Waals surface area (Å²) in [6.07, 6.45) is 0. The Morgan fingerprint density at radius 3 is 2.80 bits per heavy atom. The van der Waals surface area contributed by atoms with Gasteiger partial charge in [-0.05, 0) is 32.9 Å². The van der Waals surface area contributed by atoms with Crippen LogP contribution in [0.25, 0.3) is 0 Å². The van der Waals surface area contributed by atoms with E-state index in [0.29, 0.717) is 23.9 Å². The van der Waals surface area contributed by atoms with Crippen LogP contribution in [0.3, 0.4) is 0 Å². The minimum Gasteiger partial charge on any atom is -0.470 e. The third-order valence-electron chi connectivity index (χ3n) is 2.32. The summed E-state index contributed by atoms with van der Waals surface area (Å²) in [4.78, 5) is 18.0. The summed E-state index contributed by atoms with van der Waals surface area (Å²) in [5.74, 6) is 1.05. The lowest BCUT2D eigenvalue weighted by atomic mass is 10.2. The number of nitrogens with one attached hydrogen (secondary N) is 2. The van der Waals surface area contributed by atoms with E-state index in [4.69, 9.17) is 10.5 Å². The summed E-state index contributed by atoms with van der Waals surface area (Å²) < 4.78 is 5.70. The Morgan fingerprint density at radius 1 is 1.45 bits per heavy atom. The number of nitrogens with two attached hydrogens (primary N) is 1. The Hall–Kier alpha value is -2.02. The van der Waals surface area contributed by atoms with Crippen LogP contribution in [0.4, 0.5) is 11.5 Å². The zero-order valence-electron chi connectivity index (χ0n) is 11.7. The molecular weight excluding hydrogens is 276 g/mol. The minimum absolute atomic E-state index is 0.0659. The quantitative estimate of drug-likeness (QED) is 0.804. The molecule has 0 fully saturated rings. The average Bonchev–Trinajstić information content (AvgIpc) is 2.74. The summed E-state index contributed by atoms with van der Waals surface area (Å²) in [5, 5.41) is 4.89. The molecule has 0 aromatic carbocycles. The van der Waals surface area contributed by atoms with E-state index >= 15 is 0 Å². The summed E-state index contributed by atoms with van der Waals surface area (Å²) in [7, 11) is 0. The third-order valence-corrected chi connectivity index (χ3v) is 3.04. The molecule has 2 aromatic rings. The van der Waals surface area contributed by atoms with Crippen molar-refractivity contribution in [3.63, 3.8) is 0 Å². The maximum atomic E-state index is 11.0. The van der Waals surface area contributed by atoms with Gasteiger partial charge in [0.25, 0.3) is 0 Å². The minimum atomic E-state index is -0.363. The number of aromatic nitrogens is 2. The zero-order chi connectivity index (χ0) is 14.8. The van der Waals surface area contributed by atoms with Gasteiger partial charge in [-0.15, -0.1) is 0 Å². The Balaban J connectivity index is 2.09. The molecule has 7 heteroatoms. The van der Waals surface area contributed by atoms with Crippen molar-refractivity contribution in [1.82, 2.24) is 9.97 Å². The molecule has 4 N–H and O–H groups in total. The highest BCUT2D eigenvalue weighted by Crippen LogP contribution is 2.25. The molecule has 0 spiro atoms. The largest absolute Gasteiger partial charge is 0.470 e. The third kappa shape index (κ3) is 3.99. The maximum absolute atomic E-state index is 11.0. The van der Waals surface area contributed by atoms with Crippen LogP contribution in [0.2, 0.25) is 0 Å². The van der Waals surface area contributed by atoms with Crippen LogP contribution in [0.15, 0.2) is 22.3 Å². The Kier molecular flexibility index (Phi) is 3.99. The lowest BCUT2D eigenvalue weighted by Crippen LogP contribution is -2.24. The molecule has 108 valence electrons. The van der Waals surface area contributed by atoms with Gasteiger partial charge in [0.05, 0.1) is 12.2 Å². The summed E-state index contributed by atoms with van der Waals surface area (Å²) >= 11 is 1.14. The molecule has 0 unspecified atom stereocenters. The Morgan fingerprint density at radius 2 is 2.20 bits per heavy atom. The number of ether oxygens (including phenoxy) is 1. The second kappa shape index (κ2) is 5.54. The fourth-order valence-electron chi connectivity index (χ4n) is 1.51. The van der Waals surface area contributed by atoms with Gasteiger partial charge in [0.2, 0.25) is 5.88 Å². The number of rotatable bonds is 4. The van der Waals surface area contributed by atoms with Crippen molar-refractivity contribution in [2.45, 2.75) is 32.9 Å². The standard InChI is InChI=1S/C13H18N4O2S/c1-13(2,3)19-11-9(14)4-5-10(17-11)15-6-8-7-20-12(18)16-8/h4-5,7H,6,14H2,1-3H3,(H,15,17)(H,16,18). The second-order valence-electron chi connectivity index (χ2n) is 5.33. The van der Waals surface area contributed by atoms with Crippen molar-refractivity contribution in [3.05, 3.63) is 32.9 Å². The van der Waals surface area contributed by atoms with Gasteiger partial charge in [0.1, 0.15) is 11.4 Å². The molecule has 0 aliphatic carbocycles. The van der Waals surface area contributed by atoms with Crippen molar-refractivity contribution in [2.75, 3.05) is 11.1 Å². The fraction of sp³-hybridized carbons (Fsp3) is 0.385. The summed E-state index contributed by atoms with van der Waals surface area (Å²) in [6, 6.07) is 3.52. The van der Waals surface area contributed by atoms with E-state index in [1.165, 1.54) is 0 Å². The molecule has 20 heavy (non-hydrogen) atoms. The van der Waals surface area contributed by atoms with E-state index in [0.717, 1.165) is 17.0 Å². The van der Waals surface area contributed by atoms with Crippen LogP contribution in [0.1, 0.15) is 26.5 Å². The first-order chi connectivity index (χ1) is 9.33. The van der Waals surface area contributed by atoms with Crippen LogP contribution in [0.5, 0.6) is 5.88 Å². The molecule has 0 bridgehead atoms. The normalized spacial score (nSPS) is 11.3. The van der Waals surface area contributed by atoms with E-state index in [-0.39, 0.29) is 10.5 Å². The van der Waals surface area contributed by atoms with Crippen molar-refractivity contribution >= 4 is 22.8 Å². The predicted octanol–water partition coefficient (Wildman–Crippen LogP) is 2.20. The molecule has 0 saturated carbocycles. The Bertz CT molecular complexity index is 642. The van der Waals surface area contributed by atoms with E-state index in [1.54, 1.807) is 17.5 Å². The first-order valence-corrected chi connectivity index (χ1v) is 7.07.